The summed E-state index contributed by atoms with van der Waals surface area (Å²) in [5.74, 6) is -0.0584. The molecule has 0 radical (unpaired) electrons. The van der Waals surface area contributed by atoms with Crippen LogP contribution >= 0.6 is 27.5 Å². The predicted octanol–water partition coefficient (Wildman–Crippen LogP) is 2.47. The molecular weight excluding hydrogens is 354 g/mol. The molecule has 1 aliphatic heterocycles. The largest absolute Gasteiger partial charge is 0.352 e. The molecule has 0 aliphatic carbocycles. The molecule has 2 rings (SSSR count). The number of hydrogen-bond donors (Lipinski definition) is 1. The molecule has 6 heteroatoms. The molecule has 4 nitrogen and oxygen atoms in total. The van der Waals surface area contributed by atoms with Crippen molar-refractivity contribution in [2.45, 2.75) is 6.42 Å². The second kappa shape index (κ2) is 8.13. The van der Waals surface area contributed by atoms with Crippen molar-refractivity contribution in [3.05, 3.63) is 33.3 Å². The number of carbonyl (C=O) groups excluding carboxylic acids is 1. The van der Waals surface area contributed by atoms with Gasteiger partial charge in [0.25, 0.3) is 5.91 Å². The number of nitrogens with one attached hydrogen (secondary N) is 1. The molecule has 1 fully saturated rings. The summed E-state index contributed by atoms with van der Waals surface area (Å²) < 4.78 is 0.728. The monoisotopic (exact) mass is 373 g/mol. The fourth-order valence-corrected chi connectivity index (χ4v) is 3.21. The lowest BCUT2D eigenvalue weighted by atomic mass is 10.2. The van der Waals surface area contributed by atoms with E-state index in [0.29, 0.717) is 17.1 Å². The highest BCUT2D eigenvalue weighted by Gasteiger charge is 2.13. The molecular formula is C15H21BrClN3O. The first kappa shape index (κ1) is 16.7. The van der Waals surface area contributed by atoms with Crippen LogP contribution in [0.25, 0.3) is 0 Å². The fraction of sp³-hybridized carbons (Fsp3) is 0.533. The SMILES string of the molecule is CN1CCN(CCCNC(=O)c2ccc(Cl)cc2Br)CC1. The van der Waals surface area contributed by atoms with Gasteiger partial charge in [0, 0.05) is 42.2 Å². The van der Waals surface area contributed by atoms with Crippen LogP contribution in [-0.4, -0.2) is 62.0 Å². The molecule has 1 N–H and O–H groups in total. The molecule has 0 aromatic heterocycles. The van der Waals surface area contributed by atoms with Crippen LogP contribution in [0.3, 0.4) is 0 Å². The maximum Gasteiger partial charge on any atom is 0.252 e. The van der Waals surface area contributed by atoms with Gasteiger partial charge in [0.15, 0.2) is 0 Å². The third-order valence-electron chi connectivity index (χ3n) is 3.71. The van der Waals surface area contributed by atoms with Gasteiger partial charge in [-0.05, 0) is 54.1 Å². The van der Waals surface area contributed by atoms with Crippen molar-refractivity contribution in [1.29, 1.82) is 0 Å². The van der Waals surface area contributed by atoms with Gasteiger partial charge >= 0.3 is 0 Å². The van der Waals surface area contributed by atoms with E-state index in [4.69, 9.17) is 11.6 Å². The molecule has 0 spiro atoms. The van der Waals surface area contributed by atoms with Crippen molar-refractivity contribution in [3.63, 3.8) is 0 Å². The average Bonchev–Trinajstić information content (AvgIpc) is 2.45. The van der Waals surface area contributed by atoms with E-state index in [1.807, 2.05) is 0 Å². The number of amides is 1. The van der Waals surface area contributed by atoms with Gasteiger partial charge in [-0.25, -0.2) is 0 Å². The number of rotatable bonds is 5. The highest BCUT2D eigenvalue weighted by Crippen LogP contribution is 2.21. The Labute approximate surface area is 139 Å². The quantitative estimate of drug-likeness (QED) is 0.804. The van der Waals surface area contributed by atoms with Crippen LogP contribution in [0.15, 0.2) is 22.7 Å². The third kappa shape index (κ3) is 5.25. The standard InChI is InChI=1S/C15H21BrClN3O/c1-19-7-9-20(10-8-19)6-2-5-18-15(21)13-4-3-12(17)11-14(13)16/h3-4,11H,2,5-10H2,1H3,(H,18,21). The zero-order valence-electron chi connectivity index (χ0n) is 12.2. The van der Waals surface area contributed by atoms with Gasteiger partial charge < -0.3 is 15.1 Å². The van der Waals surface area contributed by atoms with Crippen LogP contribution < -0.4 is 5.32 Å². The van der Waals surface area contributed by atoms with Crippen molar-refractivity contribution < 1.29 is 4.79 Å². The second-order valence-corrected chi connectivity index (χ2v) is 6.67. The minimum absolute atomic E-state index is 0.0584. The molecule has 1 aliphatic rings. The molecule has 1 heterocycles. The number of carbonyl (C=O) groups is 1. The Kier molecular flexibility index (Phi) is 6.48. The van der Waals surface area contributed by atoms with Crippen LogP contribution in [0, 0.1) is 0 Å². The highest BCUT2D eigenvalue weighted by molar-refractivity contribution is 9.10. The van der Waals surface area contributed by atoms with Crippen LogP contribution in [0.1, 0.15) is 16.8 Å². The number of nitrogens with zero attached hydrogens (tertiary/aromatic N) is 2. The first-order valence-corrected chi connectivity index (χ1v) is 8.37. The summed E-state index contributed by atoms with van der Waals surface area (Å²) in [6.45, 7) is 6.23. The van der Waals surface area contributed by atoms with Crippen LogP contribution in [0.4, 0.5) is 0 Å². The summed E-state index contributed by atoms with van der Waals surface area (Å²) in [6.07, 6.45) is 0.973. The normalized spacial score (nSPS) is 16.9. The molecule has 0 bridgehead atoms. The number of piperazine rings is 1. The Morgan fingerprint density at radius 3 is 2.71 bits per heavy atom. The maximum absolute atomic E-state index is 12.1. The van der Waals surface area contributed by atoms with E-state index in [0.717, 1.165) is 43.6 Å². The van der Waals surface area contributed by atoms with E-state index in [2.05, 4.69) is 38.1 Å². The van der Waals surface area contributed by atoms with Crippen molar-refractivity contribution in [3.8, 4) is 0 Å². The minimum Gasteiger partial charge on any atom is -0.352 e. The Morgan fingerprint density at radius 1 is 1.33 bits per heavy atom. The highest BCUT2D eigenvalue weighted by atomic mass is 79.9. The molecule has 21 heavy (non-hydrogen) atoms. The number of benzene rings is 1. The zero-order valence-corrected chi connectivity index (χ0v) is 14.6. The van der Waals surface area contributed by atoms with Gasteiger partial charge in [-0.2, -0.15) is 0 Å². The van der Waals surface area contributed by atoms with E-state index in [1.165, 1.54) is 0 Å². The molecule has 1 saturated heterocycles. The lowest BCUT2D eigenvalue weighted by Crippen LogP contribution is -2.45. The summed E-state index contributed by atoms with van der Waals surface area (Å²) in [5, 5.41) is 3.58. The van der Waals surface area contributed by atoms with Gasteiger partial charge in [-0.1, -0.05) is 11.6 Å². The second-order valence-electron chi connectivity index (χ2n) is 5.38. The molecule has 0 atom stereocenters. The molecule has 0 unspecified atom stereocenters. The topological polar surface area (TPSA) is 35.6 Å². The summed E-state index contributed by atoms with van der Waals surface area (Å²) >= 11 is 9.24. The number of likely N-dealkylation sites (N-methyl/N-ethyl adjacent to an activating group) is 1. The Bertz CT molecular complexity index is 490. The first-order valence-electron chi connectivity index (χ1n) is 7.20. The zero-order chi connectivity index (χ0) is 15.2. The molecule has 116 valence electrons. The van der Waals surface area contributed by atoms with Crippen molar-refractivity contribution in [2.24, 2.45) is 0 Å². The molecule has 0 saturated carbocycles. The van der Waals surface area contributed by atoms with Crippen molar-refractivity contribution >= 4 is 33.4 Å². The van der Waals surface area contributed by atoms with Crippen LogP contribution in [0.5, 0.6) is 0 Å². The fourth-order valence-electron chi connectivity index (χ4n) is 2.34. The van der Waals surface area contributed by atoms with E-state index in [9.17, 15) is 4.79 Å². The Hall–Kier alpha value is -0.620. The van der Waals surface area contributed by atoms with Crippen LogP contribution in [-0.2, 0) is 0 Å². The summed E-state index contributed by atoms with van der Waals surface area (Å²) in [5.41, 5.74) is 0.624. The number of halogens is 2. The van der Waals surface area contributed by atoms with E-state index < -0.39 is 0 Å². The molecule has 1 aromatic rings. The van der Waals surface area contributed by atoms with Gasteiger partial charge in [-0.15, -0.1) is 0 Å². The summed E-state index contributed by atoms with van der Waals surface area (Å²) in [7, 11) is 2.15. The lowest BCUT2D eigenvalue weighted by Gasteiger charge is -2.32. The molecule has 1 aromatic carbocycles. The Morgan fingerprint density at radius 2 is 2.05 bits per heavy atom. The van der Waals surface area contributed by atoms with E-state index in [-0.39, 0.29) is 5.91 Å². The minimum atomic E-state index is -0.0584. The van der Waals surface area contributed by atoms with Crippen molar-refractivity contribution in [1.82, 2.24) is 15.1 Å². The number of hydrogen-bond acceptors (Lipinski definition) is 3. The smallest absolute Gasteiger partial charge is 0.252 e. The van der Waals surface area contributed by atoms with Gasteiger partial charge in [0.2, 0.25) is 0 Å². The lowest BCUT2D eigenvalue weighted by molar-refractivity contribution is 0.0948. The van der Waals surface area contributed by atoms with Gasteiger partial charge in [-0.3, -0.25) is 4.79 Å². The first-order chi connectivity index (χ1) is 10.1. The van der Waals surface area contributed by atoms with E-state index >= 15 is 0 Å². The van der Waals surface area contributed by atoms with Gasteiger partial charge in [0.1, 0.15) is 0 Å². The Balaban J connectivity index is 1.69. The van der Waals surface area contributed by atoms with Gasteiger partial charge in [0.05, 0.1) is 5.56 Å². The average molecular weight is 375 g/mol. The third-order valence-corrected chi connectivity index (χ3v) is 4.60. The summed E-state index contributed by atoms with van der Waals surface area (Å²) in [4.78, 5) is 16.9. The van der Waals surface area contributed by atoms with E-state index in [1.54, 1.807) is 18.2 Å². The molecule has 1 amide bonds. The van der Waals surface area contributed by atoms with Crippen LogP contribution in [0.2, 0.25) is 5.02 Å². The van der Waals surface area contributed by atoms with Crippen molar-refractivity contribution in [2.75, 3.05) is 46.3 Å². The predicted molar refractivity (Wildman–Crippen MR) is 90.0 cm³/mol. The maximum atomic E-state index is 12.1. The summed E-state index contributed by atoms with van der Waals surface area (Å²) in [6, 6.07) is 5.20.